The molecular formula is C24H27N5OS2. The SMILES string of the molecule is Cn1c(SCC(=O)Nc2ncc(C34CC5CC(CC(C5)C3)C4)s2)nnc1-c1ccccc1. The molecule has 1 N–H and O–H groups in total. The number of carbonyl (C=O) groups is 1. The van der Waals surface area contributed by atoms with Gasteiger partial charge in [-0.25, -0.2) is 4.98 Å². The van der Waals surface area contributed by atoms with Gasteiger partial charge in [-0.3, -0.25) is 4.79 Å². The number of thiazole rings is 1. The Morgan fingerprint density at radius 3 is 2.50 bits per heavy atom. The van der Waals surface area contributed by atoms with Crippen LogP contribution in [-0.4, -0.2) is 31.4 Å². The first-order chi connectivity index (χ1) is 15.6. The lowest BCUT2D eigenvalue weighted by Crippen LogP contribution is -2.48. The second-order valence-electron chi connectivity index (χ2n) is 9.80. The van der Waals surface area contributed by atoms with Crippen molar-refractivity contribution >= 4 is 34.1 Å². The van der Waals surface area contributed by atoms with Crippen molar-refractivity contribution in [1.29, 1.82) is 0 Å². The summed E-state index contributed by atoms with van der Waals surface area (Å²) in [6.45, 7) is 0. The molecule has 0 atom stereocenters. The van der Waals surface area contributed by atoms with E-state index in [4.69, 9.17) is 0 Å². The highest BCUT2D eigenvalue weighted by Gasteiger charge is 2.52. The maximum absolute atomic E-state index is 12.6. The van der Waals surface area contributed by atoms with E-state index in [0.29, 0.717) is 5.41 Å². The second kappa shape index (κ2) is 7.99. The highest BCUT2D eigenvalue weighted by Crippen LogP contribution is 2.61. The molecule has 2 heterocycles. The van der Waals surface area contributed by atoms with Crippen LogP contribution in [0.4, 0.5) is 5.13 Å². The zero-order chi connectivity index (χ0) is 21.7. The Morgan fingerprint density at radius 2 is 1.81 bits per heavy atom. The minimum absolute atomic E-state index is 0.0503. The number of nitrogens with one attached hydrogen (secondary N) is 1. The maximum atomic E-state index is 12.6. The molecule has 0 spiro atoms. The Balaban J connectivity index is 1.09. The Labute approximate surface area is 196 Å². The van der Waals surface area contributed by atoms with E-state index in [2.05, 4.69) is 20.5 Å². The van der Waals surface area contributed by atoms with Crippen molar-refractivity contribution in [2.45, 2.75) is 49.1 Å². The number of hydrogen-bond donors (Lipinski definition) is 1. The quantitative estimate of drug-likeness (QED) is 0.511. The zero-order valence-electron chi connectivity index (χ0n) is 18.2. The van der Waals surface area contributed by atoms with Gasteiger partial charge in [-0.2, -0.15) is 0 Å². The molecule has 4 bridgehead atoms. The molecule has 0 unspecified atom stereocenters. The van der Waals surface area contributed by atoms with E-state index in [-0.39, 0.29) is 11.7 Å². The summed E-state index contributed by atoms with van der Waals surface area (Å²) in [5.74, 6) is 3.76. The molecule has 1 amide bonds. The molecule has 4 aliphatic carbocycles. The fraction of sp³-hybridized carbons (Fsp3) is 0.500. The molecule has 0 aliphatic heterocycles. The van der Waals surface area contributed by atoms with Crippen LogP contribution in [0.15, 0.2) is 41.7 Å². The van der Waals surface area contributed by atoms with Crippen LogP contribution in [0, 0.1) is 17.8 Å². The largest absolute Gasteiger partial charge is 0.305 e. The van der Waals surface area contributed by atoms with Gasteiger partial charge in [0.05, 0.1) is 5.75 Å². The summed E-state index contributed by atoms with van der Waals surface area (Å²) < 4.78 is 1.93. The van der Waals surface area contributed by atoms with Gasteiger partial charge in [0, 0.05) is 29.1 Å². The molecule has 6 nitrogen and oxygen atoms in total. The third kappa shape index (κ3) is 3.67. The Morgan fingerprint density at radius 1 is 1.12 bits per heavy atom. The van der Waals surface area contributed by atoms with Crippen molar-refractivity contribution in [2.24, 2.45) is 24.8 Å². The van der Waals surface area contributed by atoms with Gasteiger partial charge in [0.2, 0.25) is 5.91 Å². The average molecular weight is 466 g/mol. The highest BCUT2D eigenvalue weighted by atomic mass is 32.2. The molecule has 32 heavy (non-hydrogen) atoms. The van der Waals surface area contributed by atoms with Gasteiger partial charge in [0.15, 0.2) is 16.1 Å². The number of anilines is 1. The molecule has 2 aromatic heterocycles. The Bertz CT molecular complexity index is 1100. The lowest BCUT2D eigenvalue weighted by atomic mass is 9.49. The molecule has 4 aliphatic rings. The standard InChI is InChI=1S/C24H27N5OS2/c1-29-21(18-5-3-2-4-6-18)27-28-23(29)31-14-20(30)26-22-25-13-19(32-22)24-10-15-7-16(11-24)9-17(8-15)12-24/h2-6,13,15-17H,7-12,14H2,1H3,(H,25,26,30). The topological polar surface area (TPSA) is 72.7 Å². The van der Waals surface area contributed by atoms with Crippen LogP contribution >= 0.6 is 23.1 Å². The van der Waals surface area contributed by atoms with E-state index in [9.17, 15) is 4.79 Å². The van der Waals surface area contributed by atoms with E-state index in [1.54, 1.807) is 11.3 Å². The van der Waals surface area contributed by atoms with Gasteiger partial charge in [-0.15, -0.1) is 21.5 Å². The summed E-state index contributed by atoms with van der Waals surface area (Å²) in [4.78, 5) is 18.6. The lowest BCUT2D eigenvalue weighted by molar-refractivity contribution is -0.113. The molecule has 4 fully saturated rings. The van der Waals surface area contributed by atoms with E-state index in [1.165, 1.54) is 55.2 Å². The van der Waals surface area contributed by atoms with Crippen LogP contribution in [0.3, 0.4) is 0 Å². The second-order valence-corrected chi connectivity index (χ2v) is 11.8. The number of carbonyl (C=O) groups excluding carboxylic acids is 1. The highest BCUT2D eigenvalue weighted by molar-refractivity contribution is 7.99. The summed E-state index contributed by atoms with van der Waals surface area (Å²) >= 11 is 3.09. The van der Waals surface area contributed by atoms with Gasteiger partial charge in [0.1, 0.15) is 0 Å². The molecule has 0 saturated heterocycles. The van der Waals surface area contributed by atoms with E-state index < -0.39 is 0 Å². The predicted molar refractivity (Wildman–Crippen MR) is 128 cm³/mol. The number of thioether (sulfide) groups is 1. The smallest absolute Gasteiger partial charge is 0.236 e. The average Bonchev–Trinajstić information content (AvgIpc) is 3.39. The summed E-state index contributed by atoms with van der Waals surface area (Å²) in [6.07, 6.45) is 10.3. The molecule has 4 saturated carbocycles. The van der Waals surface area contributed by atoms with Crippen LogP contribution in [-0.2, 0) is 17.3 Å². The Kier molecular flexibility index (Phi) is 5.10. The molecule has 7 rings (SSSR count). The zero-order valence-corrected chi connectivity index (χ0v) is 19.8. The molecule has 8 heteroatoms. The van der Waals surface area contributed by atoms with Crippen LogP contribution < -0.4 is 5.32 Å². The van der Waals surface area contributed by atoms with Crippen LogP contribution in [0.5, 0.6) is 0 Å². The Hall–Kier alpha value is -2.19. The molecular weight excluding hydrogens is 438 g/mol. The number of aromatic nitrogens is 4. The number of amides is 1. The van der Waals surface area contributed by atoms with Gasteiger partial charge in [-0.05, 0) is 56.3 Å². The van der Waals surface area contributed by atoms with Crippen molar-refractivity contribution in [3.63, 3.8) is 0 Å². The van der Waals surface area contributed by atoms with E-state index in [1.807, 2.05) is 48.1 Å². The minimum atomic E-state index is -0.0503. The summed E-state index contributed by atoms with van der Waals surface area (Å²) in [7, 11) is 1.93. The van der Waals surface area contributed by atoms with Gasteiger partial charge in [0.25, 0.3) is 0 Å². The molecule has 166 valence electrons. The third-order valence-electron chi connectivity index (χ3n) is 7.51. The minimum Gasteiger partial charge on any atom is -0.305 e. The van der Waals surface area contributed by atoms with Crippen LogP contribution in [0.1, 0.15) is 43.4 Å². The fourth-order valence-electron chi connectivity index (χ4n) is 6.55. The van der Waals surface area contributed by atoms with Crippen molar-refractivity contribution in [3.05, 3.63) is 41.4 Å². The third-order valence-corrected chi connectivity index (χ3v) is 9.69. The lowest BCUT2D eigenvalue weighted by Gasteiger charge is -2.56. The van der Waals surface area contributed by atoms with Crippen molar-refractivity contribution in [3.8, 4) is 11.4 Å². The first-order valence-corrected chi connectivity index (χ1v) is 13.2. The number of rotatable bonds is 6. The van der Waals surface area contributed by atoms with Crippen molar-refractivity contribution in [1.82, 2.24) is 19.7 Å². The first-order valence-electron chi connectivity index (χ1n) is 11.4. The van der Waals surface area contributed by atoms with Gasteiger partial charge >= 0.3 is 0 Å². The monoisotopic (exact) mass is 465 g/mol. The van der Waals surface area contributed by atoms with E-state index in [0.717, 1.165) is 39.4 Å². The molecule has 1 aromatic carbocycles. The van der Waals surface area contributed by atoms with Crippen LogP contribution in [0.25, 0.3) is 11.4 Å². The van der Waals surface area contributed by atoms with Crippen LogP contribution in [0.2, 0.25) is 0 Å². The first kappa shape index (κ1) is 20.4. The summed E-state index contributed by atoms with van der Waals surface area (Å²) in [5, 5.41) is 13.0. The molecule has 3 aromatic rings. The normalized spacial score (nSPS) is 28.2. The summed E-state index contributed by atoms with van der Waals surface area (Å²) in [5.41, 5.74) is 1.34. The molecule has 0 radical (unpaired) electrons. The van der Waals surface area contributed by atoms with Gasteiger partial charge < -0.3 is 9.88 Å². The number of nitrogens with zero attached hydrogens (tertiary/aromatic N) is 4. The predicted octanol–water partition coefficient (Wildman–Crippen LogP) is 5.14. The number of benzene rings is 1. The van der Waals surface area contributed by atoms with Crippen molar-refractivity contribution in [2.75, 3.05) is 11.1 Å². The van der Waals surface area contributed by atoms with Crippen molar-refractivity contribution < 1.29 is 4.79 Å². The number of hydrogen-bond acceptors (Lipinski definition) is 6. The maximum Gasteiger partial charge on any atom is 0.236 e. The van der Waals surface area contributed by atoms with Gasteiger partial charge in [-0.1, -0.05) is 42.1 Å². The fourth-order valence-corrected chi connectivity index (χ4v) is 8.32. The summed E-state index contributed by atoms with van der Waals surface area (Å²) in [6, 6.07) is 9.96. The van der Waals surface area contributed by atoms with E-state index >= 15 is 0 Å².